The molecule has 1 amide bonds. The molecule has 0 saturated carbocycles. The number of nitrogens with one attached hydrogen (secondary N) is 1. The van der Waals surface area contributed by atoms with E-state index in [1.54, 1.807) is 30.3 Å². The minimum Gasteiger partial charge on any atom is -0.481 e. The first-order valence-corrected chi connectivity index (χ1v) is 7.79. The van der Waals surface area contributed by atoms with Crippen molar-refractivity contribution >= 4 is 29.1 Å². The van der Waals surface area contributed by atoms with Crippen LogP contribution in [0.2, 0.25) is 10.0 Å². The molecule has 0 heterocycles. The van der Waals surface area contributed by atoms with Crippen molar-refractivity contribution in [1.82, 2.24) is 5.32 Å². The first-order valence-electron chi connectivity index (χ1n) is 7.03. The normalized spacial score (nSPS) is 11.8. The van der Waals surface area contributed by atoms with Crippen LogP contribution in [0.1, 0.15) is 18.9 Å². The molecule has 0 radical (unpaired) electrons. The third kappa shape index (κ3) is 4.65. The van der Waals surface area contributed by atoms with Crippen LogP contribution in [0, 0.1) is 0 Å². The third-order valence-electron chi connectivity index (χ3n) is 3.15. The van der Waals surface area contributed by atoms with Gasteiger partial charge in [0.05, 0.1) is 0 Å². The number of ether oxygens (including phenoxy) is 1. The van der Waals surface area contributed by atoms with Gasteiger partial charge in [0.15, 0.2) is 6.10 Å². The average molecular weight is 338 g/mol. The number of benzene rings is 2. The second-order valence-electron chi connectivity index (χ2n) is 4.78. The van der Waals surface area contributed by atoms with Crippen LogP contribution in [-0.4, -0.2) is 12.0 Å². The number of hydrogen-bond donors (Lipinski definition) is 1. The van der Waals surface area contributed by atoms with Crippen LogP contribution in [0.15, 0.2) is 48.5 Å². The second kappa shape index (κ2) is 8.06. The predicted octanol–water partition coefficient (Wildman–Crippen LogP) is 4.47. The molecule has 0 aromatic heterocycles. The van der Waals surface area contributed by atoms with Gasteiger partial charge in [0.1, 0.15) is 5.75 Å². The number of carbonyl (C=O) groups excluding carboxylic acids is 1. The molecule has 1 atom stereocenters. The van der Waals surface area contributed by atoms with E-state index in [0.29, 0.717) is 28.8 Å². The molecule has 2 aromatic carbocycles. The van der Waals surface area contributed by atoms with E-state index in [-0.39, 0.29) is 5.91 Å². The predicted molar refractivity (Wildman–Crippen MR) is 89.5 cm³/mol. The van der Waals surface area contributed by atoms with Crippen molar-refractivity contribution in [3.8, 4) is 5.75 Å². The van der Waals surface area contributed by atoms with Gasteiger partial charge in [0.25, 0.3) is 5.91 Å². The highest BCUT2D eigenvalue weighted by Gasteiger charge is 2.18. The maximum atomic E-state index is 12.2. The van der Waals surface area contributed by atoms with Crippen molar-refractivity contribution in [2.75, 3.05) is 0 Å². The maximum absolute atomic E-state index is 12.2. The van der Waals surface area contributed by atoms with Crippen LogP contribution in [-0.2, 0) is 11.3 Å². The zero-order chi connectivity index (χ0) is 15.9. The van der Waals surface area contributed by atoms with Gasteiger partial charge in [-0.15, -0.1) is 0 Å². The lowest BCUT2D eigenvalue weighted by Gasteiger charge is -2.17. The summed E-state index contributed by atoms with van der Waals surface area (Å²) >= 11 is 12.0. The fourth-order valence-electron chi connectivity index (χ4n) is 1.96. The minimum absolute atomic E-state index is 0.178. The van der Waals surface area contributed by atoms with Crippen LogP contribution in [0.25, 0.3) is 0 Å². The van der Waals surface area contributed by atoms with Crippen molar-refractivity contribution < 1.29 is 9.53 Å². The van der Waals surface area contributed by atoms with E-state index < -0.39 is 6.10 Å². The van der Waals surface area contributed by atoms with Crippen molar-refractivity contribution in [1.29, 1.82) is 0 Å². The van der Waals surface area contributed by atoms with Crippen molar-refractivity contribution in [3.63, 3.8) is 0 Å². The largest absolute Gasteiger partial charge is 0.481 e. The molecule has 116 valence electrons. The Morgan fingerprint density at radius 3 is 2.64 bits per heavy atom. The number of carbonyl (C=O) groups is 1. The number of amides is 1. The average Bonchev–Trinajstić information content (AvgIpc) is 2.51. The van der Waals surface area contributed by atoms with Gasteiger partial charge in [0.2, 0.25) is 0 Å². The Bertz CT molecular complexity index is 646. The zero-order valence-corrected chi connectivity index (χ0v) is 13.7. The van der Waals surface area contributed by atoms with Gasteiger partial charge in [0, 0.05) is 16.6 Å². The van der Waals surface area contributed by atoms with Gasteiger partial charge in [-0.25, -0.2) is 0 Å². The van der Waals surface area contributed by atoms with Gasteiger partial charge >= 0.3 is 0 Å². The summed E-state index contributed by atoms with van der Waals surface area (Å²) in [6.45, 7) is 2.26. The lowest BCUT2D eigenvalue weighted by molar-refractivity contribution is -0.128. The molecule has 3 nitrogen and oxygen atoms in total. The summed E-state index contributed by atoms with van der Waals surface area (Å²) in [5, 5.41) is 4.05. The number of halogens is 2. The first kappa shape index (κ1) is 16.7. The molecule has 0 saturated heterocycles. The molecule has 0 aliphatic rings. The Kier molecular flexibility index (Phi) is 6.10. The molecule has 1 N–H and O–H groups in total. The van der Waals surface area contributed by atoms with Crippen LogP contribution in [0.4, 0.5) is 0 Å². The summed E-state index contributed by atoms with van der Waals surface area (Å²) in [4.78, 5) is 12.2. The monoisotopic (exact) mass is 337 g/mol. The lowest BCUT2D eigenvalue weighted by Crippen LogP contribution is -2.37. The zero-order valence-electron chi connectivity index (χ0n) is 12.2. The summed E-state index contributed by atoms with van der Waals surface area (Å²) in [7, 11) is 0. The third-order valence-corrected chi connectivity index (χ3v) is 3.75. The van der Waals surface area contributed by atoms with Crippen molar-refractivity contribution in [3.05, 3.63) is 64.1 Å². The highest BCUT2D eigenvalue weighted by molar-refractivity contribution is 6.31. The summed E-state index contributed by atoms with van der Waals surface area (Å²) in [6, 6.07) is 14.4. The van der Waals surface area contributed by atoms with E-state index >= 15 is 0 Å². The van der Waals surface area contributed by atoms with E-state index in [0.717, 1.165) is 5.56 Å². The van der Waals surface area contributed by atoms with E-state index in [1.165, 1.54) is 0 Å². The minimum atomic E-state index is -0.569. The Morgan fingerprint density at radius 1 is 1.18 bits per heavy atom. The van der Waals surface area contributed by atoms with Crippen molar-refractivity contribution in [2.24, 2.45) is 0 Å². The lowest BCUT2D eigenvalue weighted by atomic mass is 10.2. The maximum Gasteiger partial charge on any atom is 0.261 e. The summed E-state index contributed by atoms with van der Waals surface area (Å²) in [5.41, 5.74) is 0.870. The van der Waals surface area contributed by atoms with Crippen molar-refractivity contribution in [2.45, 2.75) is 26.0 Å². The van der Waals surface area contributed by atoms with Gasteiger partial charge in [-0.3, -0.25) is 4.79 Å². The van der Waals surface area contributed by atoms with Gasteiger partial charge in [-0.2, -0.15) is 0 Å². The molecule has 1 unspecified atom stereocenters. The molecule has 0 fully saturated rings. The molecular weight excluding hydrogens is 321 g/mol. The first-order chi connectivity index (χ1) is 10.6. The van der Waals surface area contributed by atoms with E-state index in [1.807, 2.05) is 25.1 Å². The fourth-order valence-corrected chi connectivity index (χ4v) is 2.35. The number of hydrogen-bond acceptors (Lipinski definition) is 2. The smallest absolute Gasteiger partial charge is 0.261 e. The SMILES string of the molecule is CCC(Oc1cccc(Cl)c1)C(=O)NCc1ccccc1Cl. The standard InChI is InChI=1S/C17H17Cl2NO2/c1-2-16(22-14-8-5-7-13(18)10-14)17(21)20-11-12-6-3-4-9-15(12)19/h3-10,16H,2,11H2,1H3,(H,20,21). The topological polar surface area (TPSA) is 38.3 Å². The Morgan fingerprint density at radius 2 is 1.95 bits per heavy atom. The molecule has 22 heavy (non-hydrogen) atoms. The van der Waals surface area contributed by atoms with Gasteiger partial charge in [-0.1, -0.05) is 54.4 Å². The quantitative estimate of drug-likeness (QED) is 0.844. The number of rotatable bonds is 6. The molecular formula is C17H17Cl2NO2. The Labute approximate surface area is 140 Å². The second-order valence-corrected chi connectivity index (χ2v) is 5.62. The summed E-state index contributed by atoms with van der Waals surface area (Å²) in [5.74, 6) is 0.398. The Balaban J connectivity index is 1.96. The molecule has 0 aliphatic carbocycles. The van der Waals surface area contributed by atoms with E-state index in [2.05, 4.69) is 5.32 Å². The van der Waals surface area contributed by atoms with Crippen LogP contribution >= 0.6 is 23.2 Å². The fraction of sp³-hybridized carbons (Fsp3) is 0.235. The molecule has 2 rings (SSSR count). The molecule has 0 aliphatic heterocycles. The molecule has 0 bridgehead atoms. The summed E-state index contributed by atoms with van der Waals surface area (Å²) in [6.07, 6.45) is -0.0121. The molecule has 0 spiro atoms. The van der Waals surface area contributed by atoms with E-state index in [4.69, 9.17) is 27.9 Å². The van der Waals surface area contributed by atoms with Gasteiger partial charge < -0.3 is 10.1 Å². The molecule has 2 aromatic rings. The highest BCUT2D eigenvalue weighted by Crippen LogP contribution is 2.19. The van der Waals surface area contributed by atoms with E-state index in [9.17, 15) is 4.79 Å². The van der Waals surface area contributed by atoms with Crippen LogP contribution in [0.5, 0.6) is 5.75 Å². The Hall–Kier alpha value is -1.71. The van der Waals surface area contributed by atoms with Crippen LogP contribution < -0.4 is 10.1 Å². The highest BCUT2D eigenvalue weighted by atomic mass is 35.5. The van der Waals surface area contributed by atoms with Crippen LogP contribution in [0.3, 0.4) is 0 Å². The molecule has 5 heteroatoms. The van der Waals surface area contributed by atoms with Gasteiger partial charge in [-0.05, 0) is 36.2 Å². The summed E-state index contributed by atoms with van der Waals surface area (Å²) < 4.78 is 5.70.